The van der Waals surface area contributed by atoms with Crippen molar-refractivity contribution in [2.45, 2.75) is 0 Å². The van der Waals surface area contributed by atoms with Crippen LogP contribution in [0.4, 0.5) is 0 Å². The highest BCUT2D eigenvalue weighted by Gasteiger charge is 2.20. The van der Waals surface area contributed by atoms with Crippen molar-refractivity contribution in [3.63, 3.8) is 0 Å². The molecule has 9 rings (SSSR count). The fourth-order valence-corrected chi connectivity index (χ4v) is 6.21. The normalized spacial score (nSPS) is 11.6. The molecule has 3 aromatic heterocycles. The first-order valence-corrected chi connectivity index (χ1v) is 14.6. The smallest absolute Gasteiger partial charge is 0.164 e. The molecule has 0 amide bonds. The number of furan rings is 1. The summed E-state index contributed by atoms with van der Waals surface area (Å²) in [7, 11) is 0. The van der Waals surface area contributed by atoms with Gasteiger partial charge in [-0.2, -0.15) is 0 Å². The Morgan fingerprint density at radius 2 is 1.00 bits per heavy atom. The number of hydrogen-bond acceptors (Lipinski definition) is 4. The van der Waals surface area contributed by atoms with Crippen LogP contribution in [0, 0.1) is 0 Å². The van der Waals surface area contributed by atoms with Crippen LogP contribution in [0.1, 0.15) is 0 Å². The van der Waals surface area contributed by atoms with Crippen LogP contribution >= 0.6 is 0 Å². The second-order valence-electron chi connectivity index (χ2n) is 10.9. The average Bonchev–Trinajstić information content (AvgIpc) is 3.64. The van der Waals surface area contributed by atoms with Crippen LogP contribution in [0.2, 0.25) is 0 Å². The third-order valence-corrected chi connectivity index (χ3v) is 8.25. The number of rotatable bonds is 4. The minimum absolute atomic E-state index is 0.623. The largest absolute Gasteiger partial charge is 0.455 e. The minimum atomic E-state index is 0.623. The maximum absolute atomic E-state index is 6.52. The molecule has 206 valence electrons. The molecule has 0 saturated carbocycles. The summed E-state index contributed by atoms with van der Waals surface area (Å²) in [5.41, 5.74) is 7.80. The van der Waals surface area contributed by atoms with Crippen LogP contribution < -0.4 is 0 Å². The molecule has 0 aliphatic rings. The monoisotopic (exact) mass is 564 g/mol. The quantitative estimate of drug-likeness (QED) is 0.213. The summed E-state index contributed by atoms with van der Waals surface area (Å²) < 4.78 is 8.82. The molecule has 3 heterocycles. The van der Waals surface area contributed by atoms with E-state index >= 15 is 0 Å². The van der Waals surface area contributed by atoms with Gasteiger partial charge in [0.1, 0.15) is 11.2 Å². The van der Waals surface area contributed by atoms with E-state index < -0.39 is 0 Å². The van der Waals surface area contributed by atoms with E-state index in [1.165, 1.54) is 0 Å². The zero-order valence-corrected chi connectivity index (χ0v) is 23.6. The standard InChI is InChI=1S/C39H24N4O/c1-4-12-25(13-5-1)37-40-38(26-14-6-2-7-15-26)42-39(41-37)27-20-21-31-33(24-27)43(28-16-8-3-9-17-28)32-23-22-30-29-18-10-11-19-34(29)44-36(30)35(31)32/h1-24H. The van der Waals surface area contributed by atoms with Gasteiger partial charge in [0.25, 0.3) is 0 Å². The summed E-state index contributed by atoms with van der Waals surface area (Å²) >= 11 is 0. The fourth-order valence-electron chi connectivity index (χ4n) is 6.21. The molecule has 0 N–H and O–H groups in total. The molecule has 0 saturated heterocycles. The SMILES string of the molecule is c1ccc(-c2nc(-c3ccccc3)nc(-c3ccc4c5c6oc7ccccc7c6ccc5n(-c5ccccc5)c4c3)n2)cc1. The van der Waals surface area contributed by atoms with Gasteiger partial charge in [-0.1, -0.05) is 109 Å². The number of hydrogen-bond donors (Lipinski definition) is 0. The molecule has 0 aliphatic carbocycles. The Kier molecular flexibility index (Phi) is 5.43. The van der Waals surface area contributed by atoms with Crippen molar-refractivity contribution in [2.75, 3.05) is 0 Å². The molecule has 0 unspecified atom stereocenters. The molecule has 5 heteroatoms. The number of benzene rings is 6. The Balaban J connectivity index is 1.34. The number of aromatic nitrogens is 4. The van der Waals surface area contributed by atoms with Crippen LogP contribution in [-0.4, -0.2) is 19.5 Å². The van der Waals surface area contributed by atoms with Gasteiger partial charge in [0.15, 0.2) is 17.5 Å². The van der Waals surface area contributed by atoms with Gasteiger partial charge in [-0.25, -0.2) is 15.0 Å². The maximum atomic E-state index is 6.52. The molecular formula is C39H24N4O. The lowest BCUT2D eigenvalue weighted by molar-refractivity contribution is 0.673. The average molecular weight is 565 g/mol. The van der Waals surface area contributed by atoms with Crippen molar-refractivity contribution in [3.8, 4) is 39.9 Å². The highest BCUT2D eigenvalue weighted by atomic mass is 16.3. The number of nitrogens with zero attached hydrogens (tertiary/aromatic N) is 4. The highest BCUT2D eigenvalue weighted by molar-refractivity contribution is 6.24. The summed E-state index contributed by atoms with van der Waals surface area (Å²) in [6.07, 6.45) is 0. The molecule has 5 nitrogen and oxygen atoms in total. The lowest BCUT2D eigenvalue weighted by Crippen LogP contribution is -2.00. The van der Waals surface area contributed by atoms with Gasteiger partial charge >= 0.3 is 0 Å². The van der Waals surface area contributed by atoms with Crippen LogP contribution in [0.3, 0.4) is 0 Å². The fraction of sp³-hybridized carbons (Fsp3) is 0. The van der Waals surface area contributed by atoms with Crippen LogP contribution in [0.5, 0.6) is 0 Å². The summed E-state index contributed by atoms with van der Waals surface area (Å²) in [6, 6.07) is 49.7. The van der Waals surface area contributed by atoms with Crippen molar-refractivity contribution in [1.82, 2.24) is 19.5 Å². The lowest BCUT2D eigenvalue weighted by Gasteiger charge is -2.10. The topological polar surface area (TPSA) is 56.7 Å². The summed E-state index contributed by atoms with van der Waals surface area (Å²) in [5, 5.41) is 4.43. The molecule has 0 spiro atoms. The second kappa shape index (κ2) is 9.75. The summed E-state index contributed by atoms with van der Waals surface area (Å²) in [5.74, 6) is 1.91. The molecule has 0 atom stereocenters. The van der Waals surface area contributed by atoms with Gasteiger partial charge in [0, 0.05) is 38.5 Å². The molecule has 0 bridgehead atoms. The maximum Gasteiger partial charge on any atom is 0.164 e. The number of fused-ring (bicyclic) bond motifs is 7. The Bertz CT molecular complexity index is 2420. The van der Waals surface area contributed by atoms with E-state index in [9.17, 15) is 0 Å². The first-order chi connectivity index (χ1) is 21.8. The number of para-hydroxylation sites is 2. The highest BCUT2D eigenvalue weighted by Crippen LogP contribution is 2.41. The van der Waals surface area contributed by atoms with Crippen molar-refractivity contribution >= 4 is 43.7 Å². The summed E-state index contributed by atoms with van der Waals surface area (Å²) in [4.78, 5) is 14.9. The van der Waals surface area contributed by atoms with E-state index in [0.717, 1.165) is 66.1 Å². The molecule has 0 radical (unpaired) electrons. The third kappa shape index (κ3) is 3.83. The summed E-state index contributed by atoms with van der Waals surface area (Å²) in [6.45, 7) is 0. The second-order valence-corrected chi connectivity index (χ2v) is 10.9. The van der Waals surface area contributed by atoms with Crippen LogP contribution in [0.15, 0.2) is 150 Å². The van der Waals surface area contributed by atoms with Gasteiger partial charge < -0.3 is 8.98 Å². The third-order valence-electron chi connectivity index (χ3n) is 8.25. The molecule has 0 fully saturated rings. The van der Waals surface area contributed by atoms with Crippen molar-refractivity contribution in [1.29, 1.82) is 0 Å². The Morgan fingerprint density at radius 3 is 1.68 bits per heavy atom. The zero-order valence-electron chi connectivity index (χ0n) is 23.6. The van der Waals surface area contributed by atoms with Gasteiger partial charge in [0.2, 0.25) is 0 Å². The predicted molar refractivity (Wildman–Crippen MR) is 178 cm³/mol. The van der Waals surface area contributed by atoms with E-state index in [-0.39, 0.29) is 0 Å². The Hall–Kier alpha value is -6.07. The van der Waals surface area contributed by atoms with E-state index in [1.54, 1.807) is 0 Å². The molecule has 44 heavy (non-hydrogen) atoms. The van der Waals surface area contributed by atoms with Crippen LogP contribution in [0.25, 0.3) is 83.6 Å². The van der Waals surface area contributed by atoms with Gasteiger partial charge in [-0.05, 0) is 36.4 Å². The zero-order chi connectivity index (χ0) is 29.0. The van der Waals surface area contributed by atoms with Crippen molar-refractivity contribution < 1.29 is 4.42 Å². The van der Waals surface area contributed by atoms with Crippen LogP contribution in [-0.2, 0) is 0 Å². The molecule has 0 aliphatic heterocycles. The predicted octanol–water partition coefficient (Wildman–Crippen LogP) is 9.87. The van der Waals surface area contributed by atoms with Gasteiger partial charge in [-0.3, -0.25) is 0 Å². The van der Waals surface area contributed by atoms with Crippen molar-refractivity contribution in [3.05, 3.63) is 146 Å². The van der Waals surface area contributed by atoms with Gasteiger partial charge in [-0.15, -0.1) is 0 Å². The molecule has 9 aromatic rings. The van der Waals surface area contributed by atoms with E-state index in [1.807, 2.05) is 78.9 Å². The van der Waals surface area contributed by atoms with E-state index in [4.69, 9.17) is 19.4 Å². The first-order valence-electron chi connectivity index (χ1n) is 14.6. The Morgan fingerprint density at radius 1 is 0.432 bits per heavy atom. The molecular weight excluding hydrogens is 540 g/mol. The first kappa shape index (κ1) is 24.5. The van der Waals surface area contributed by atoms with Gasteiger partial charge in [0.05, 0.1) is 16.4 Å². The Labute approximate surface area is 252 Å². The van der Waals surface area contributed by atoms with E-state index in [0.29, 0.717) is 17.5 Å². The van der Waals surface area contributed by atoms with Crippen molar-refractivity contribution in [2.24, 2.45) is 0 Å². The lowest BCUT2D eigenvalue weighted by atomic mass is 10.1. The molecule has 6 aromatic carbocycles. The minimum Gasteiger partial charge on any atom is -0.455 e. The van der Waals surface area contributed by atoms with E-state index in [2.05, 4.69) is 71.3 Å².